The number of nitrogens with one attached hydrogen (secondary N) is 2. The summed E-state index contributed by atoms with van der Waals surface area (Å²) in [4.78, 5) is 36.8. The van der Waals surface area contributed by atoms with Crippen LogP contribution in [0.5, 0.6) is 0 Å². The summed E-state index contributed by atoms with van der Waals surface area (Å²) in [7, 11) is 0. The van der Waals surface area contributed by atoms with Gasteiger partial charge in [-0.3, -0.25) is 4.79 Å². The van der Waals surface area contributed by atoms with Gasteiger partial charge in [0.25, 0.3) is 0 Å². The molecule has 0 aliphatic heterocycles. The van der Waals surface area contributed by atoms with Crippen molar-refractivity contribution in [3.8, 4) is 11.1 Å². The number of carbonyl (C=O) groups excluding carboxylic acids is 2. The third-order valence-electron chi connectivity index (χ3n) is 5.71. The second kappa shape index (κ2) is 8.65. The molecule has 7 nitrogen and oxygen atoms in total. The molecule has 1 aliphatic carbocycles. The fraction of sp³-hybridized carbons (Fsp3) is 0.400. The van der Waals surface area contributed by atoms with Gasteiger partial charge in [-0.05, 0) is 41.5 Å². The SMILES string of the molecule is CC(C)(NC(=O)OCC1c2ccccc2-c2ccccc21)C(=O)N[C@H](C(=O)O)C(C)(C)C. The maximum atomic E-state index is 12.7. The normalized spacial score (nSPS) is 14.2. The van der Waals surface area contributed by atoms with E-state index in [1.807, 2.05) is 36.4 Å². The molecule has 0 saturated heterocycles. The lowest BCUT2D eigenvalue weighted by Crippen LogP contribution is -2.60. The van der Waals surface area contributed by atoms with Crippen molar-refractivity contribution >= 4 is 18.0 Å². The lowest BCUT2D eigenvalue weighted by Gasteiger charge is -2.32. The molecule has 1 atom stereocenters. The number of carboxylic acid groups (broad SMARTS) is 1. The molecule has 2 amide bonds. The Kier molecular flexibility index (Phi) is 6.30. The van der Waals surface area contributed by atoms with Crippen LogP contribution in [0.2, 0.25) is 0 Å². The van der Waals surface area contributed by atoms with Gasteiger partial charge in [0.2, 0.25) is 5.91 Å². The lowest BCUT2D eigenvalue weighted by molar-refractivity contribution is -0.145. The minimum atomic E-state index is -1.36. The number of alkyl carbamates (subject to hydrolysis) is 1. The van der Waals surface area contributed by atoms with Crippen LogP contribution in [-0.2, 0) is 14.3 Å². The topological polar surface area (TPSA) is 105 Å². The first-order valence-corrected chi connectivity index (χ1v) is 10.6. The van der Waals surface area contributed by atoms with Gasteiger partial charge < -0.3 is 20.5 Å². The van der Waals surface area contributed by atoms with Gasteiger partial charge in [-0.2, -0.15) is 0 Å². The number of hydrogen-bond acceptors (Lipinski definition) is 4. The number of amides is 2. The number of ether oxygens (including phenoxy) is 1. The maximum absolute atomic E-state index is 12.7. The van der Waals surface area contributed by atoms with Crippen LogP contribution in [0.4, 0.5) is 4.79 Å². The summed E-state index contributed by atoms with van der Waals surface area (Å²) in [5, 5.41) is 14.5. The van der Waals surface area contributed by atoms with E-state index in [-0.39, 0.29) is 12.5 Å². The van der Waals surface area contributed by atoms with Crippen LogP contribution < -0.4 is 10.6 Å². The molecular formula is C25H30N2O5. The van der Waals surface area contributed by atoms with E-state index in [1.54, 1.807) is 20.8 Å². The summed E-state index contributed by atoms with van der Waals surface area (Å²) in [6.07, 6.45) is -0.741. The molecule has 0 radical (unpaired) electrons. The van der Waals surface area contributed by atoms with Gasteiger partial charge >= 0.3 is 12.1 Å². The first-order chi connectivity index (χ1) is 14.9. The maximum Gasteiger partial charge on any atom is 0.408 e. The Bertz CT molecular complexity index is 993. The van der Waals surface area contributed by atoms with Crippen molar-refractivity contribution in [2.24, 2.45) is 5.41 Å². The zero-order valence-electron chi connectivity index (χ0n) is 19.1. The van der Waals surface area contributed by atoms with Crippen LogP contribution in [0.3, 0.4) is 0 Å². The van der Waals surface area contributed by atoms with Crippen molar-refractivity contribution in [1.29, 1.82) is 0 Å². The van der Waals surface area contributed by atoms with Crippen LogP contribution >= 0.6 is 0 Å². The van der Waals surface area contributed by atoms with E-state index in [0.29, 0.717) is 0 Å². The highest BCUT2D eigenvalue weighted by molar-refractivity contribution is 5.92. The van der Waals surface area contributed by atoms with E-state index < -0.39 is 35.0 Å². The Morgan fingerprint density at radius 1 is 0.938 bits per heavy atom. The monoisotopic (exact) mass is 438 g/mol. The third kappa shape index (κ3) is 4.77. The summed E-state index contributed by atoms with van der Waals surface area (Å²) in [6, 6.07) is 14.9. The van der Waals surface area contributed by atoms with E-state index in [9.17, 15) is 19.5 Å². The van der Waals surface area contributed by atoms with Crippen LogP contribution in [0.15, 0.2) is 48.5 Å². The summed E-state index contributed by atoms with van der Waals surface area (Å²) in [6.45, 7) is 8.29. The zero-order chi connectivity index (χ0) is 23.7. The van der Waals surface area contributed by atoms with Crippen LogP contribution in [0, 0.1) is 5.41 Å². The fourth-order valence-corrected chi connectivity index (χ4v) is 3.91. The van der Waals surface area contributed by atoms with E-state index >= 15 is 0 Å². The highest BCUT2D eigenvalue weighted by atomic mass is 16.5. The van der Waals surface area contributed by atoms with E-state index in [2.05, 4.69) is 22.8 Å². The quantitative estimate of drug-likeness (QED) is 0.634. The molecule has 32 heavy (non-hydrogen) atoms. The van der Waals surface area contributed by atoms with Crippen molar-refractivity contribution in [1.82, 2.24) is 10.6 Å². The lowest BCUT2D eigenvalue weighted by atomic mass is 9.86. The second-order valence-corrected chi connectivity index (χ2v) is 9.69. The van der Waals surface area contributed by atoms with Crippen molar-refractivity contribution in [2.75, 3.05) is 6.61 Å². The van der Waals surface area contributed by atoms with Gasteiger partial charge in [-0.25, -0.2) is 9.59 Å². The third-order valence-corrected chi connectivity index (χ3v) is 5.71. The zero-order valence-corrected chi connectivity index (χ0v) is 19.1. The molecule has 3 rings (SSSR count). The first kappa shape index (κ1) is 23.3. The van der Waals surface area contributed by atoms with Crippen LogP contribution in [-0.4, -0.2) is 41.3 Å². The molecular weight excluding hydrogens is 408 g/mol. The first-order valence-electron chi connectivity index (χ1n) is 10.6. The molecule has 2 aromatic rings. The van der Waals surface area contributed by atoms with Crippen molar-refractivity contribution in [3.63, 3.8) is 0 Å². The molecule has 0 saturated carbocycles. The standard InChI is InChI=1S/C25H30N2O5/c1-24(2,3)20(21(28)29)26-22(30)25(4,5)27-23(31)32-14-19-17-12-8-6-10-15(17)16-11-7-9-13-18(16)19/h6-13,19-20H,14H2,1-5H3,(H,26,30)(H,27,31)(H,28,29)/t20-/m1/s1. The molecule has 0 spiro atoms. The second-order valence-electron chi connectivity index (χ2n) is 9.69. The number of hydrogen-bond donors (Lipinski definition) is 3. The predicted octanol–water partition coefficient (Wildman–Crippen LogP) is 3.92. The van der Waals surface area contributed by atoms with Gasteiger partial charge in [-0.1, -0.05) is 69.3 Å². The molecule has 3 N–H and O–H groups in total. The highest BCUT2D eigenvalue weighted by Crippen LogP contribution is 2.44. The molecule has 170 valence electrons. The van der Waals surface area contributed by atoms with Gasteiger partial charge in [0, 0.05) is 5.92 Å². The van der Waals surface area contributed by atoms with E-state index in [0.717, 1.165) is 22.3 Å². The number of carbonyl (C=O) groups is 3. The summed E-state index contributed by atoms with van der Waals surface area (Å²) in [5.74, 6) is -1.83. The molecule has 0 aromatic heterocycles. The van der Waals surface area contributed by atoms with Crippen LogP contribution in [0.1, 0.15) is 51.7 Å². The van der Waals surface area contributed by atoms with Gasteiger partial charge in [-0.15, -0.1) is 0 Å². The molecule has 2 aromatic carbocycles. The summed E-state index contributed by atoms with van der Waals surface area (Å²) < 4.78 is 5.50. The fourth-order valence-electron chi connectivity index (χ4n) is 3.91. The Morgan fingerprint density at radius 3 is 1.91 bits per heavy atom. The number of carboxylic acids is 1. The van der Waals surface area contributed by atoms with E-state index in [1.165, 1.54) is 13.8 Å². The predicted molar refractivity (Wildman–Crippen MR) is 121 cm³/mol. The number of benzene rings is 2. The Morgan fingerprint density at radius 2 is 1.44 bits per heavy atom. The average molecular weight is 439 g/mol. The van der Waals surface area contributed by atoms with Crippen molar-refractivity contribution in [3.05, 3.63) is 59.7 Å². The smallest absolute Gasteiger partial charge is 0.408 e. The average Bonchev–Trinajstić information content (AvgIpc) is 3.02. The highest BCUT2D eigenvalue weighted by Gasteiger charge is 2.38. The number of aliphatic carboxylic acids is 1. The van der Waals surface area contributed by atoms with Gasteiger partial charge in [0.05, 0.1) is 0 Å². The Labute approximate surface area is 188 Å². The minimum absolute atomic E-state index is 0.0950. The minimum Gasteiger partial charge on any atom is -0.480 e. The largest absolute Gasteiger partial charge is 0.480 e. The molecule has 7 heteroatoms. The van der Waals surface area contributed by atoms with Crippen LogP contribution in [0.25, 0.3) is 11.1 Å². The Hall–Kier alpha value is -3.35. The van der Waals surface area contributed by atoms with Gasteiger partial charge in [0.1, 0.15) is 18.2 Å². The van der Waals surface area contributed by atoms with Crippen molar-refractivity contribution < 1.29 is 24.2 Å². The van der Waals surface area contributed by atoms with Crippen molar-refractivity contribution in [2.45, 2.75) is 52.1 Å². The number of rotatable bonds is 6. The molecule has 1 aliphatic rings. The molecule has 0 fully saturated rings. The molecule has 0 heterocycles. The summed E-state index contributed by atoms with van der Waals surface area (Å²) >= 11 is 0. The van der Waals surface area contributed by atoms with Gasteiger partial charge in [0.15, 0.2) is 0 Å². The van der Waals surface area contributed by atoms with E-state index in [4.69, 9.17) is 4.74 Å². The molecule has 0 unspecified atom stereocenters. The number of fused-ring (bicyclic) bond motifs is 3. The summed E-state index contributed by atoms with van der Waals surface area (Å²) in [5.41, 5.74) is 2.38. The Balaban J connectivity index is 1.66. The molecule has 0 bridgehead atoms.